The Morgan fingerprint density at radius 1 is 1.42 bits per heavy atom. The Morgan fingerprint density at radius 2 is 2.21 bits per heavy atom. The van der Waals surface area contributed by atoms with Crippen molar-refractivity contribution in [3.8, 4) is 0 Å². The van der Waals surface area contributed by atoms with Crippen LogP contribution in [0, 0.1) is 0 Å². The summed E-state index contributed by atoms with van der Waals surface area (Å²) in [6.07, 6.45) is 0.331. The first kappa shape index (κ1) is 16.9. The van der Waals surface area contributed by atoms with Crippen LogP contribution in [0.3, 0.4) is 0 Å². The molecule has 0 spiro atoms. The number of nitrogens with one attached hydrogen (secondary N) is 2. The van der Waals surface area contributed by atoms with Crippen LogP contribution in [0.25, 0.3) is 0 Å². The lowest BCUT2D eigenvalue weighted by Gasteiger charge is -2.24. The summed E-state index contributed by atoms with van der Waals surface area (Å²) >= 11 is 1.41. The van der Waals surface area contributed by atoms with Crippen LogP contribution in [0.15, 0.2) is 35.7 Å². The molecule has 2 aromatic rings. The number of likely N-dealkylation sites (tertiary alicyclic amines) is 1. The van der Waals surface area contributed by atoms with E-state index in [1.165, 1.54) is 16.9 Å². The number of thiazole rings is 1. The Hall–Kier alpha value is -1.96. The Kier molecular flexibility index (Phi) is 5.44. The van der Waals surface area contributed by atoms with Crippen LogP contribution in [0.5, 0.6) is 0 Å². The van der Waals surface area contributed by atoms with E-state index in [0.29, 0.717) is 25.2 Å². The van der Waals surface area contributed by atoms with Gasteiger partial charge in [-0.2, -0.15) is 0 Å². The van der Waals surface area contributed by atoms with Crippen LogP contribution < -0.4 is 10.6 Å². The molecule has 0 aliphatic carbocycles. The van der Waals surface area contributed by atoms with Crippen molar-refractivity contribution in [1.29, 1.82) is 0 Å². The molecule has 1 fully saturated rings. The van der Waals surface area contributed by atoms with Crippen LogP contribution in [-0.2, 0) is 6.54 Å². The topological polar surface area (TPSA) is 77.5 Å². The number of rotatable bonds is 6. The van der Waals surface area contributed by atoms with E-state index in [1.807, 2.05) is 18.2 Å². The van der Waals surface area contributed by atoms with Gasteiger partial charge < -0.3 is 15.7 Å². The first-order chi connectivity index (χ1) is 11.7. The van der Waals surface area contributed by atoms with Gasteiger partial charge in [0.1, 0.15) is 5.69 Å². The number of aliphatic hydroxyl groups is 1. The summed E-state index contributed by atoms with van der Waals surface area (Å²) in [5.41, 5.74) is 1.64. The molecule has 1 aromatic carbocycles. The summed E-state index contributed by atoms with van der Waals surface area (Å²) in [6.45, 7) is 1.92. The van der Waals surface area contributed by atoms with Gasteiger partial charge >= 0.3 is 0 Å². The standard InChI is InChI=1S/C17H22N4O2S/c1-18-17-20-15(11-24-17)16(23)19-8-13-7-14(22)10-21(13)9-12-5-3-2-4-6-12/h2-6,11,13-14,22H,7-10H2,1H3,(H,18,20)(H,19,23). The van der Waals surface area contributed by atoms with Crippen molar-refractivity contribution in [2.24, 2.45) is 0 Å². The molecule has 3 N–H and O–H groups in total. The molecule has 24 heavy (non-hydrogen) atoms. The number of nitrogens with zero attached hydrogens (tertiary/aromatic N) is 2. The third-order valence-electron chi connectivity index (χ3n) is 4.18. The summed E-state index contributed by atoms with van der Waals surface area (Å²) in [4.78, 5) is 18.6. The van der Waals surface area contributed by atoms with Gasteiger partial charge in [0.15, 0.2) is 5.13 Å². The number of hydrogen-bond acceptors (Lipinski definition) is 6. The van der Waals surface area contributed by atoms with E-state index in [9.17, 15) is 9.90 Å². The number of β-amino-alcohol motifs (C(OH)–C–C–N with tert-alkyl or cyclic N) is 1. The normalized spacial score (nSPS) is 20.9. The minimum absolute atomic E-state index is 0.131. The minimum Gasteiger partial charge on any atom is -0.392 e. The highest BCUT2D eigenvalue weighted by atomic mass is 32.1. The molecule has 6 nitrogen and oxygen atoms in total. The van der Waals surface area contributed by atoms with Crippen molar-refractivity contribution >= 4 is 22.4 Å². The summed E-state index contributed by atoms with van der Waals surface area (Å²) in [7, 11) is 1.78. The van der Waals surface area contributed by atoms with E-state index in [2.05, 4.69) is 32.7 Å². The fraction of sp³-hybridized carbons (Fsp3) is 0.412. The third-order valence-corrected chi connectivity index (χ3v) is 5.04. The van der Waals surface area contributed by atoms with Crippen molar-refractivity contribution < 1.29 is 9.90 Å². The monoisotopic (exact) mass is 346 g/mol. The van der Waals surface area contributed by atoms with Gasteiger partial charge in [-0.05, 0) is 12.0 Å². The van der Waals surface area contributed by atoms with E-state index in [0.717, 1.165) is 11.7 Å². The molecule has 0 bridgehead atoms. The predicted octanol–water partition coefficient (Wildman–Crippen LogP) is 1.55. The summed E-state index contributed by atoms with van der Waals surface area (Å²) < 4.78 is 0. The highest BCUT2D eigenvalue weighted by Gasteiger charge is 2.31. The van der Waals surface area contributed by atoms with Gasteiger partial charge in [0, 0.05) is 38.1 Å². The van der Waals surface area contributed by atoms with Gasteiger partial charge in [-0.1, -0.05) is 30.3 Å². The first-order valence-electron chi connectivity index (χ1n) is 8.03. The second-order valence-electron chi connectivity index (χ2n) is 5.96. The molecule has 2 heterocycles. The second kappa shape index (κ2) is 7.74. The van der Waals surface area contributed by atoms with Gasteiger partial charge in [-0.15, -0.1) is 11.3 Å². The maximum Gasteiger partial charge on any atom is 0.270 e. The molecule has 7 heteroatoms. The van der Waals surface area contributed by atoms with Crippen LogP contribution in [0.2, 0.25) is 0 Å². The number of benzene rings is 1. The van der Waals surface area contributed by atoms with Gasteiger partial charge in [-0.25, -0.2) is 4.98 Å². The highest BCUT2D eigenvalue weighted by molar-refractivity contribution is 7.13. The lowest BCUT2D eigenvalue weighted by atomic mass is 10.1. The highest BCUT2D eigenvalue weighted by Crippen LogP contribution is 2.20. The van der Waals surface area contributed by atoms with Crippen LogP contribution in [0.4, 0.5) is 5.13 Å². The van der Waals surface area contributed by atoms with E-state index in [1.54, 1.807) is 12.4 Å². The van der Waals surface area contributed by atoms with Gasteiger partial charge in [-0.3, -0.25) is 9.69 Å². The molecule has 1 aliphatic heterocycles. The molecule has 3 rings (SSSR count). The molecule has 2 unspecified atom stereocenters. The van der Waals surface area contributed by atoms with Crippen molar-refractivity contribution in [2.75, 3.05) is 25.5 Å². The fourth-order valence-corrected chi connectivity index (χ4v) is 3.63. The lowest BCUT2D eigenvalue weighted by Crippen LogP contribution is -2.39. The molecular formula is C17H22N4O2S. The number of carbonyl (C=O) groups excluding carboxylic acids is 1. The maximum absolute atomic E-state index is 12.2. The summed E-state index contributed by atoms with van der Waals surface area (Å²) in [5, 5.41) is 18.3. The van der Waals surface area contributed by atoms with Crippen molar-refractivity contribution in [3.63, 3.8) is 0 Å². The molecule has 2 atom stereocenters. The lowest BCUT2D eigenvalue weighted by molar-refractivity contribution is 0.0935. The minimum atomic E-state index is -0.342. The third kappa shape index (κ3) is 4.11. The zero-order valence-electron chi connectivity index (χ0n) is 13.6. The quantitative estimate of drug-likeness (QED) is 0.740. The fourth-order valence-electron chi connectivity index (χ4n) is 2.98. The average molecular weight is 346 g/mol. The van der Waals surface area contributed by atoms with Gasteiger partial charge in [0.25, 0.3) is 5.91 Å². The first-order valence-corrected chi connectivity index (χ1v) is 8.91. The van der Waals surface area contributed by atoms with Crippen LogP contribution >= 0.6 is 11.3 Å². The molecule has 1 aromatic heterocycles. The maximum atomic E-state index is 12.2. The summed E-state index contributed by atoms with van der Waals surface area (Å²) in [5.74, 6) is -0.172. The number of amides is 1. The van der Waals surface area contributed by atoms with E-state index in [-0.39, 0.29) is 18.1 Å². The number of anilines is 1. The second-order valence-corrected chi connectivity index (χ2v) is 6.81. The molecule has 0 saturated carbocycles. The van der Waals surface area contributed by atoms with Crippen molar-refractivity contribution in [3.05, 3.63) is 47.0 Å². The Bertz CT molecular complexity index is 676. The van der Waals surface area contributed by atoms with E-state index < -0.39 is 0 Å². The van der Waals surface area contributed by atoms with Crippen LogP contribution in [0.1, 0.15) is 22.5 Å². The number of hydrogen-bond donors (Lipinski definition) is 3. The van der Waals surface area contributed by atoms with Gasteiger partial charge in [0.2, 0.25) is 0 Å². The zero-order valence-corrected chi connectivity index (χ0v) is 14.4. The Morgan fingerprint density at radius 3 is 2.92 bits per heavy atom. The largest absolute Gasteiger partial charge is 0.392 e. The van der Waals surface area contributed by atoms with E-state index >= 15 is 0 Å². The van der Waals surface area contributed by atoms with Gasteiger partial charge in [0.05, 0.1) is 6.10 Å². The smallest absolute Gasteiger partial charge is 0.270 e. The Labute approximate surface area is 145 Å². The van der Waals surface area contributed by atoms with E-state index in [4.69, 9.17) is 0 Å². The molecule has 1 saturated heterocycles. The van der Waals surface area contributed by atoms with Crippen molar-refractivity contribution in [1.82, 2.24) is 15.2 Å². The molecule has 128 valence electrons. The Balaban J connectivity index is 1.57. The number of aliphatic hydroxyl groups excluding tert-OH is 1. The van der Waals surface area contributed by atoms with Crippen LogP contribution in [-0.4, -0.2) is 53.2 Å². The number of carbonyl (C=O) groups is 1. The molecule has 1 amide bonds. The molecule has 0 radical (unpaired) electrons. The molecule has 1 aliphatic rings. The SMILES string of the molecule is CNc1nc(C(=O)NCC2CC(O)CN2Cc2ccccc2)cs1. The summed E-state index contributed by atoms with van der Waals surface area (Å²) in [6, 6.07) is 10.3. The molecular weight excluding hydrogens is 324 g/mol. The number of aromatic nitrogens is 1. The van der Waals surface area contributed by atoms with Crippen molar-refractivity contribution in [2.45, 2.75) is 25.1 Å². The zero-order chi connectivity index (χ0) is 16.9. The predicted molar refractivity (Wildman–Crippen MR) is 95.3 cm³/mol. The average Bonchev–Trinajstić information content (AvgIpc) is 3.20.